The molecule has 0 atom stereocenters. The fourth-order valence-corrected chi connectivity index (χ4v) is 3.84. The van der Waals surface area contributed by atoms with Gasteiger partial charge in [-0.05, 0) is 30.3 Å². The topological polar surface area (TPSA) is 73.2 Å². The Balaban J connectivity index is 1.79. The van der Waals surface area contributed by atoms with Gasteiger partial charge in [-0.3, -0.25) is 14.2 Å². The Labute approximate surface area is 184 Å². The predicted molar refractivity (Wildman–Crippen MR) is 114 cm³/mol. The van der Waals surface area contributed by atoms with Crippen LogP contribution in [0.15, 0.2) is 52.4 Å². The van der Waals surface area contributed by atoms with E-state index in [0.29, 0.717) is 16.1 Å². The number of halogens is 4. The van der Waals surface area contributed by atoms with E-state index in [1.165, 1.54) is 17.7 Å². The molecular formula is C20H17ClF3N3O3S. The fourth-order valence-electron chi connectivity index (χ4n) is 2.79. The molecule has 0 saturated heterocycles. The maximum Gasteiger partial charge on any atom is 0.417 e. The summed E-state index contributed by atoms with van der Waals surface area (Å²) in [5, 5.41) is 2.70. The minimum Gasteiger partial charge on any atom is -0.383 e. The van der Waals surface area contributed by atoms with Gasteiger partial charge in [0.05, 0.1) is 40.4 Å². The van der Waals surface area contributed by atoms with E-state index in [4.69, 9.17) is 16.3 Å². The Bertz CT molecular complexity index is 1170. The van der Waals surface area contributed by atoms with Crippen molar-refractivity contribution in [2.45, 2.75) is 17.9 Å². The third-order valence-electron chi connectivity index (χ3n) is 4.23. The Morgan fingerprint density at radius 1 is 1.26 bits per heavy atom. The van der Waals surface area contributed by atoms with Gasteiger partial charge in [-0.25, -0.2) is 4.98 Å². The molecule has 0 aliphatic rings. The van der Waals surface area contributed by atoms with Crippen LogP contribution in [-0.4, -0.2) is 34.9 Å². The average Bonchev–Trinajstić information content (AvgIpc) is 2.72. The molecule has 0 fully saturated rings. The van der Waals surface area contributed by atoms with Gasteiger partial charge in [-0.1, -0.05) is 35.5 Å². The number of methoxy groups -OCH3 is 1. The molecule has 3 rings (SSSR count). The zero-order valence-electron chi connectivity index (χ0n) is 16.2. The lowest BCUT2D eigenvalue weighted by molar-refractivity contribution is -0.137. The highest BCUT2D eigenvalue weighted by Gasteiger charge is 2.33. The number of hydrogen-bond donors (Lipinski definition) is 1. The lowest BCUT2D eigenvalue weighted by Gasteiger charge is -2.13. The number of alkyl halides is 3. The van der Waals surface area contributed by atoms with Crippen molar-refractivity contribution in [3.63, 3.8) is 0 Å². The van der Waals surface area contributed by atoms with Crippen LogP contribution >= 0.6 is 23.4 Å². The molecule has 2 aromatic carbocycles. The van der Waals surface area contributed by atoms with Crippen LogP contribution in [0.5, 0.6) is 0 Å². The Hall–Kier alpha value is -2.56. The fraction of sp³-hybridized carbons (Fsp3) is 0.250. The molecule has 11 heteroatoms. The number of thioether (sulfide) groups is 1. The van der Waals surface area contributed by atoms with E-state index < -0.39 is 22.7 Å². The number of para-hydroxylation sites is 1. The van der Waals surface area contributed by atoms with Gasteiger partial charge in [0, 0.05) is 12.8 Å². The highest BCUT2D eigenvalue weighted by atomic mass is 35.5. The van der Waals surface area contributed by atoms with Crippen LogP contribution < -0.4 is 10.9 Å². The number of rotatable bonds is 7. The Morgan fingerprint density at radius 3 is 2.71 bits per heavy atom. The second-order valence-electron chi connectivity index (χ2n) is 6.39. The van der Waals surface area contributed by atoms with Gasteiger partial charge in [0.2, 0.25) is 5.91 Å². The molecule has 0 aliphatic carbocycles. The average molecular weight is 472 g/mol. The van der Waals surface area contributed by atoms with E-state index in [1.54, 1.807) is 24.3 Å². The molecule has 0 saturated carbocycles. The number of ether oxygens (including phenoxy) is 1. The van der Waals surface area contributed by atoms with Crippen LogP contribution in [0.2, 0.25) is 5.02 Å². The number of benzene rings is 2. The molecule has 0 radical (unpaired) electrons. The molecule has 31 heavy (non-hydrogen) atoms. The molecule has 1 heterocycles. The molecular weight excluding hydrogens is 455 g/mol. The molecule has 6 nitrogen and oxygen atoms in total. The summed E-state index contributed by atoms with van der Waals surface area (Å²) < 4.78 is 45.4. The van der Waals surface area contributed by atoms with Crippen molar-refractivity contribution in [1.29, 1.82) is 0 Å². The summed E-state index contributed by atoms with van der Waals surface area (Å²) in [6.45, 7) is 0.508. The number of anilines is 1. The monoisotopic (exact) mass is 471 g/mol. The minimum atomic E-state index is -4.64. The van der Waals surface area contributed by atoms with Crippen molar-refractivity contribution in [3.8, 4) is 0 Å². The van der Waals surface area contributed by atoms with E-state index in [-0.39, 0.29) is 30.2 Å². The molecule has 0 aliphatic heterocycles. The van der Waals surface area contributed by atoms with Crippen molar-refractivity contribution < 1.29 is 22.7 Å². The lowest BCUT2D eigenvalue weighted by Crippen LogP contribution is -2.26. The molecule has 164 valence electrons. The van der Waals surface area contributed by atoms with Crippen LogP contribution in [0.4, 0.5) is 18.9 Å². The van der Waals surface area contributed by atoms with E-state index in [2.05, 4.69) is 10.3 Å². The smallest absolute Gasteiger partial charge is 0.383 e. The second-order valence-corrected chi connectivity index (χ2v) is 7.74. The summed E-state index contributed by atoms with van der Waals surface area (Å²) in [6, 6.07) is 9.95. The zero-order chi connectivity index (χ0) is 22.6. The van der Waals surface area contributed by atoms with Crippen LogP contribution in [0.25, 0.3) is 10.9 Å². The van der Waals surface area contributed by atoms with Crippen LogP contribution in [0.1, 0.15) is 5.56 Å². The molecule has 3 aromatic rings. The van der Waals surface area contributed by atoms with Crippen LogP contribution in [-0.2, 0) is 22.3 Å². The maximum atomic E-state index is 13.0. The highest BCUT2D eigenvalue weighted by molar-refractivity contribution is 7.99. The van der Waals surface area contributed by atoms with Crippen molar-refractivity contribution in [3.05, 3.63) is 63.4 Å². The minimum absolute atomic E-state index is 0.0365. The largest absolute Gasteiger partial charge is 0.417 e. The standard InChI is InChI=1S/C20H17ClF3N3O3S/c1-30-9-8-27-18(29)13-4-2-3-5-16(13)26-19(27)31-11-17(28)25-12-6-7-15(21)14(10-12)20(22,23)24/h2-7,10H,8-9,11H2,1H3,(H,25,28). The van der Waals surface area contributed by atoms with Crippen molar-refractivity contribution in [1.82, 2.24) is 9.55 Å². The summed E-state index contributed by atoms with van der Waals surface area (Å²) in [7, 11) is 1.50. The van der Waals surface area contributed by atoms with E-state index in [0.717, 1.165) is 23.9 Å². The number of carbonyl (C=O) groups is 1. The molecule has 0 bridgehead atoms. The summed E-state index contributed by atoms with van der Waals surface area (Å²) in [5.41, 5.74) is -0.857. The Kier molecular flexibility index (Phi) is 7.24. The first-order chi connectivity index (χ1) is 14.7. The highest BCUT2D eigenvalue weighted by Crippen LogP contribution is 2.36. The predicted octanol–water partition coefficient (Wildman–Crippen LogP) is 4.45. The molecule has 0 unspecified atom stereocenters. The molecule has 1 aromatic heterocycles. The van der Waals surface area contributed by atoms with Gasteiger partial charge < -0.3 is 10.1 Å². The molecule has 1 N–H and O–H groups in total. The van der Waals surface area contributed by atoms with Gasteiger partial charge in [-0.2, -0.15) is 13.2 Å². The molecule has 0 spiro atoms. The van der Waals surface area contributed by atoms with Crippen LogP contribution in [0, 0.1) is 0 Å². The number of nitrogens with zero attached hydrogens (tertiary/aromatic N) is 2. The first kappa shape index (κ1) is 23.1. The summed E-state index contributed by atoms with van der Waals surface area (Å²) in [5.74, 6) is -0.719. The summed E-state index contributed by atoms with van der Waals surface area (Å²) >= 11 is 6.60. The first-order valence-corrected chi connectivity index (χ1v) is 10.3. The van der Waals surface area contributed by atoms with E-state index in [9.17, 15) is 22.8 Å². The van der Waals surface area contributed by atoms with E-state index >= 15 is 0 Å². The first-order valence-electron chi connectivity index (χ1n) is 8.98. The van der Waals surface area contributed by atoms with Gasteiger partial charge >= 0.3 is 6.18 Å². The lowest BCUT2D eigenvalue weighted by atomic mass is 10.2. The van der Waals surface area contributed by atoms with Crippen LogP contribution in [0.3, 0.4) is 0 Å². The SMILES string of the molecule is COCCn1c(SCC(=O)Nc2ccc(Cl)c(C(F)(F)F)c2)nc2ccccc2c1=O. The van der Waals surface area contributed by atoms with Gasteiger partial charge in [-0.15, -0.1) is 0 Å². The number of hydrogen-bond acceptors (Lipinski definition) is 5. The van der Waals surface area contributed by atoms with Gasteiger partial charge in [0.15, 0.2) is 5.16 Å². The van der Waals surface area contributed by atoms with Gasteiger partial charge in [0.1, 0.15) is 0 Å². The number of nitrogens with one attached hydrogen (secondary N) is 1. The number of carbonyl (C=O) groups excluding carboxylic acids is 1. The second kappa shape index (κ2) is 9.71. The van der Waals surface area contributed by atoms with Gasteiger partial charge in [0.25, 0.3) is 5.56 Å². The number of fused-ring (bicyclic) bond motifs is 1. The number of aromatic nitrogens is 2. The summed E-state index contributed by atoms with van der Waals surface area (Å²) in [6.07, 6.45) is -4.64. The van der Waals surface area contributed by atoms with E-state index in [1.807, 2.05) is 0 Å². The van der Waals surface area contributed by atoms with Crippen molar-refractivity contribution >= 4 is 45.9 Å². The quantitative estimate of drug-likeness (QED) is 0.407. The zero-order valence-corrected chi connectivity index (χ0v) is 17.8. The van der Waals surface area contributed by atoms with Crippen molar-refractivity contribution in [2.75, 3.05) is 24.8 Å². The normalized spacial score (nSPS) is 11.6. The third-order valence-corrected chi connectivity index (χ3v) is 5.54. The van der Waals surface area contributed by atoms with Crippen molar-refractivity contribution in [2.24, 2.45) is 0 Å². The number of amides is 1. The Morgan fingerprint density at radius 2 is 2.00 bits per heavy atom. The molecule has 1 amide bonds. The third kappa shape index (κ3) is 5.57. The summed E-state index contributed by atoms with van der Waals surface area (Å²) in [4.78, 5) is 29.6. The maximum absolute atomic E-state index is 13.0.